The molecule has 0 aliphatic heterocycles. The standard InChI is InChI=1S/C17H15ClN2O3S2/c1-2-20-16(14-5-3-4-6-15(14)18)11-24-17(20)19-12-7-9-13(10-8-12)25(21,22)23/h3-11H,2H2,1H3,(H,21,22,23). The first-order chi connectivity index (χ1) is 11.9. The van der Waals surface area contributed by atoms with Crippen LogP contribution in [0.5, 0.6) is 0 Å². The summed E-state index contributed by atoms with van der Waals surface area (Å²) < 4.78 is 33.3. The maximum atomic E-state index is 11.1. The molecule has 5 nitrogen and oxygen atoms in total. The summed E-state index contributed by atoms with van der Waals surface area (Å²) in [6, 6.07) is 13.4. The topological polar surface area (TPSA) is 71.7 Å². The summed E-state index contributed by atoms with van der Waals surface area (Å²) in [5, 5.41) is 2.67. The molecule has 1 N–H and O–H groups in total. The largest absolute Gasteiger partial charge is 0.317 e. The van der Waals surface area contributed by atoms with Gasteiger partial charge in [0, 0.05) is 22.5 Å². The van der Waals surface area contributed by atoms with Gasteiger partial charge in [0.1, 0.15) is 0 Å². The Bertz CT molecular complexity index is 1070. The molecule has 0 fully saturated rings. The van der Waals surface area contributed by atoms with Gasteiger partial charge in [0.05, 0.1) is 16.3 Å². The fourth-order valence-electron chi connectivity index (χ4n) is 2.41. The number of halogens is 1. The van der Waals surface area contributed by atoms with E-state index in [2.05, 4.69) is 4.99 Å². The lowest BCUT2D eigenvalue weighted by molar-refractivity contribution is 0.483. The van der Waals surface area contributed by atoms with Gasteiger partial charge >= 0.3 is 0 Å². The summed E-state index contributed by atoms with van der Waals surface area (Å²) in [5.41, 5.74) is 2.51. The first-order valence-corrected chi connectivity index (χ1v) is 10.2. The molecule has 0 amide bonds. The molecule has 0 spiro atoms. The second-order valence-electron chi connectivity index (χ2n) is 5.21. The van der Waals surface area contributed by atoms with Crippen molar-refractivity contribution in [2.24, 2.45) is 4.99 Å². The fourth-order valence-corrected chi connectivity index (χ4v) is 4.11. The Hall–Kier alpha value is -1.93. The number of thiazole rings is 1. The normalized spacial score (nSPS) is 12.5. The van der Waals surface area contributed by atoms with Gasteiger partial charge in [0.25, 0.3) is 10.1 Å². The third-order valence-electron chi connectivity index (χ3n) is 3.62. The molecule has 8 heteroatoms. The van der Waals surface area contributed by atoms with Crippen LogP contribution in [0.3, 0.4) is 0 Å². The highest BCUT2D eigenvalue weighted by molar-refractivity contribution is 7.85. The monoisotopic (exact) mass is 394 g/mol. The molecule has 1 heterocycles. The molecule has 0 radical (unpaired) electrons. The van der Waals surface area contributed by atoms with E-state index in [0.29, 0.717) is 17.3 Å². The van der Waals surface area contributed by atoms with E-state index in [4.69, 9.17) is 16.2 Å². The van der Waals surface area contributed by atoms with Crippen molar-refractivity contribution >= 4 is 38.7 Å². The first kappa shape index (κ1) is 17.9. The lowest BCUT2D eigenvalue weighted by Crippen LogP contribution is -2.14. The molecule has 1 aromatic heterocycles. The van der Waals surface area contributed by atoms with Crippen molar-refractivity contribution in [2.75, 3.05) is 0 Å². The van der Waals surface area contributed by atoms with Crippen molar-refractivity contribution in [3.8, 4) is 11.3 Å². The van der Waals surface area contributed by atoms with E-state index in [0.717, 1.165) is 16.1 Å². The van der Waals surface area contributed by atoms with Gasteiger partial charge in [-0.1, -0.05) is 29.8 Å². The van der Waals surface area contributed by atoms with Crippen LogP contribution in [0.25, 0.3) is 11.3 Å². The highest BCUT2D eigenvalue weighted by Crippen LogP contribution is 2.28. The van der Waals surface area contributed by atoms with E-state index in [1.54, 1.807) is 12.1 Å². The Labute approximate surface area is 154 Å². The van der Waals surface area contributed by atoms with Crippen LogP contribution in [0.2, 0.25) is 5.02 Å². The van der Waals surface area contributed by atoms with Crippen LogP contribution >= 0.6 is 22.9 Å². The lowest BCUT2D eigenvalue weighted by atomic mass is 10.2. The molecule has 0 aliphatic rings. The zero-order chi connectivity index (χ0) is 18.0. The van der Waals surface area contributed by atoms with Gasteiger partial charge in [0.2, 0.25) is 0 Å². The van der Waals surface area contributed by atoms with Crippen molar-refractivity contribution in [1.82, 2.24) is 4.57 Å². The molecular weight excluding hydrogens is 380 g/mol. The Morgan fingerprint density at radius 3 is 2.44 bits per heavy atom. The van der Waals surface area contributed by atoms with Gasteiger partial charge < -0.3 is 4.57 Å². The second-order valence-corrected chi connectivity index (χ2v) is 7.87. The molecule has 2 aromatic carbocycles. The lowest BCUT2D eigenvalue weighted by Gasteiger charge is -2.07. The molecular formula is C17H15ClN2O3S2. The second kappa shape index (κ2) is 7.13. The van der Waals surface area contributed by atoms with Gasteiger partial charge in [0.15, 0.2) is 4.80 Å². The molecule has 130 valence electrons. The number of rotatable bonds is 4. The average Bonchev–Trinajstić information content (AvgIpc) is 2.97. The van der Waals surface area contributed by atoms with Crippen molar-refractivity contribution < 1.29 is 13.0 Å². The van der Waals surface area contributed by atoms with E-state index < -0.39 is 10.1 Å². The van der Waals surface area contributed by atoms with Gasteiger partial charge in [-0.3, -0.25) is 4.55 Å². The van der Waals surface area contributed by atoms with E-state index in [9.17, 15) is 8.42 Å². The number of hydrogen-bond acceptors (Lipinski definition) is 4. The van der Waals surface area contributed by atoms with E-state index in [1.165, 1.54) is 23.5 Å². The van der Waals surface area contributed by atoms with Crippen LogP contribution in [-0.4, -0.2) is 17.5 Å². The molecule has 0 aliphatic carbocycles. The van der Waals surface area contributed by atoms with E-state index in [1.807, 2.05) is 41.1 Å². The quantitative estimate of drug-likeness (QED) is 0.668. The number of hydrogen-bond donors (Lipinski definition) is 1. The zero-order valence-corrected chi connectivity index (χ0v) is 15.6. The minimum absolute atomic E-state index is 0.155. The van der Waals surface area contributed by atoms with Gasteiger partial charge in [-0.05, 0) is 37.3 Å². The highest BCUT2D eigenvalue weighted by Gasteiger charge is 2.11. The van der Waals surface area contributed by atoms with Crippen LogP contribution in [0.4, 0.5) is 5.69 Å². The Balaban J connectivity index is 2.07. The minimum Gasteiger partial charge on any atom is -0.317 e. The fraction of sp³-hybridized carbons (Fsp3) is 0.118. The van der Waals surface area contributed by atoms with E-state index >= 15 is 0 Å². The van der Waals surface area contributed by atoms with Crippen LogP contribution in [0, 0.1) is 0 Å². The Kier molecular flexibility index (Phi) is 5.10. The van der Waals surface area contributed by atoms with Crippen molar-refractivity contribution in [3.05, 3.63) is 63.7 Å². The summed E-state index contributed by atoms with van der Waals surface area (Å²) in [5.74, 6) is 0. The number of aromatic nitrogens is 1. The molecule has 3 aromatic rings. The third-order valence-corrected chi connectivity index (χ3v) is 5.68. The van der Waals surface area contributed by atoms with Crippen molar-refractivity contribution in [1.29, 1.82) is 0 Å². The Morgan fingerprint density at radius 1 is 1.16 bits per heavy atom. The Morgan fingerprint density at radius 2 is 1.84 bits per heavy atom. The summed E-state index contributed by atoms with van der Waals surface area (Å²) in [7, 11) is -4.20. The van der Waals surface area contributed by atoms with Gasteiger partial charge in [-0.2, -0.15) is 8.42 Å². The minimum atomic E-state index is -4.20. The predicted octanol–water partition coefficient (Wildman–Crippen LogP) is 4.37. The van der Waals surface area contributed by atoms with Crippen LogP contribution in [-0.2, 0) is 16.7 Å². The van der Waals surface area contributed by atoms with Crippen molar-refractivity contribution in [3.63, 3.8) is 0 Å². The summed E-state index contributed by atoms with van der Waals surface area (Å²) in [4.78, 5) is 5.19. The van der Waals surface area contributed by atoms with Crippen LogP contribution < -0.4 is 4.80 Å². The highest BCUT2D eigenvalue weighted by atomic mass is 35.5. The first-order valence-electron chi connectivity index (χ1n) is 7.45. The van der Waals surface area contributed by atoms with Gasteiger partial charge in [-0.15, -0.1) is 11.3 Å². The smallest absolute Gasteiger partial charge is 0.294 e. The molecule has 0 unspecified atom stereocenters. The maximum absolute atomic E-state index is 11.1. The molecule has 0 bridgehead atoms. The predicted molar refractivity (Wildman–Crippen MR) is 99.9 cm³/mol. The zero-order valence-electron chi connectivity index (χ0n) is 13.3. The summed E-state index contributed by atoms with van der Waals surface area (Å²) in [6.07, 6.45) is 0. The maximum Gasteiger partial charge on any atom is 0.294 e. The summed E-state index contributed by atoms with van der Waals surface area (Å²) >= 11 is 7.78. The van der Waals surface area contributed by atoms with Crippen LogP contribution in [0.15, 0.2) is 63.8 Å². The van der Waals surface area contributed by atoms with Gasteiger partial charge in [-0.25, -0.2) is 4.99 Å². The SMILES string of the molecule is CCn1c(-c2ccccc2Cl)csc1=Nc1ccc(S(=O)(=O)O)cc1. The number of nitrogens with zero attached hydrogens (tertiary/aromatic N) is 2. The molecule has 0 saturated heterocycles. The molecule has 0 atom stereocenters. The van der Waals surface area contributed by atoms with Crippen molar-refractivity contribution in [2.45, 2.75) is 18.4 Å². The third kappa shape index (κ3) is 3.85. The van der Waals surface area contributed by atoms with E-state index in [-0.39, 0.29) is 4.90 Å². The number of benzene rings is 2. The molecule has 3 rings (SSSR count). The molecule has 25 heavy (non-hydrogen) atoms. The van der Waals surface area contributed by atoms with Crippen LogP contribution in [0.1, 0.15) is 6.92 Å². The summed E-state index contributed by atoms with van der Waals surface area (Å²) in [6.45, 7) is 2.74. The average molecular weight is 395 g/mol. The molecule has 0 saturated carbocycles.